The molecule has 0 radical (unpaired) electrons. The van der Waals surface area contributed by atoms with Crippen LogP contribution in [0, 0.1) is 6.92 Å². The van der Waals surface area contributed by atoms with Crippen molar-refractivity contribution >= 4 is 10.8 Å². The molecule has 3 rings (SSSR count). The number of fused-ring (bicyclic) bond motifs is 1. The number of ether oxygens (including phenoxy) is 1. The number of hydrogen-bond acceptors (Lipinski definition) is 4. The summed E-state index contributed by atoms with van der Waals surface area (Å²) in [5.74, 6) is 0.703. The van der Waals surface area contributed by atoms with Gasteiger partial charge >= 0.3 is 0 Å². The third kappa shape index (κ3) is 3.66. The summed E-state index contributed by atoms with van der Waals surface area (Å²) in [7, 11) is 3.76. The molecule has 118 valence electrons. The van der Waals surface area contributed by atoms with E-state index in [0.717, 1.165) is 24.3 Å². The fourth-order valence-corrected chi connectivity index (χ4v) is 2.72. The number of aromatic nitrogens is 2. The van der Waals surface area contributed by atoms with Crippen LogP contribution in [0.3, 0.4) is 0 Å². The molecule has 0 saturated carbocycles. The number of nitrogens with zero attached hydrogens (tertiary/aromatic N) is 3. The summed E-state index contributed by atoms with van der Waals surface area (Å²) >= 11 is 0. The third-order valence-corrected chi connectivity index (χ3v) is 3.89. The van der Waals surface area contributed by atoms with Crippen LogP contribution >= 0.6 is 0 Å². The lowest BCUT2D eigenvalue weighted by Gasteiger charge is -2.17. The van der Waals surface area contributed by atoms with Gasteiger partial charge in [0.15, 0.2) is 0 Å². The first-order chi connectivity index (χ1) is 11.2. The molecular formula is C19H21N3O. The van der Waals surface area contributed by atoms with E-state index in [1.54, 1.807) is 7.11 Å². The molecule has 23 heavy (non-hydrogen) atoms. The summed E-state index contributed by atoms with van der Waals surface area (Å²) in [4.78, 5) is 11.0. The van der Waals surface area contributed by atoms with Gasteiger partial charge in [0.25, 0.3) is 0 Å². The number of rotatable bonds is 5. The number of benzene rings is 1. The molecule has 0 amide bonds. The van der Waals surface area contributed by atoms with Crippen LogP contribution in [0.2, 0.25) is 0 Å². The molecule has 0 fully saturated rings. The van der Waals surface area contributed by atoms with Crippen LogP contribution in [0.15, 0.2) is 48.8 Å². The minimum Gasteiger partial charge on any atom is -0.481 e. The fraction of sp³-hybridized carbons (Fsp3) is 0.263. The SMILES string of the molecule is COc1nc(CN(C)Cc2ccc3cnccc3c2)ccc1C. The molecule has 2 heterocycles. The molecule has 2 aromatic heterocycles. The summed E-state index contributed by atoms with van der Waals surface area (Å²) < 4.78 is 5.30. The predicted octanol–water partition coefficient (Wildman–Crippen LogP) is 3.58. The lowest BCUT2D eigenvalue weighted by Crippen LogP contribution is -2.18. The smallest absolute Gasteiger partial charge is 0.216 e. The third-order valence-electron chi connectivity index (χ3n) is 3.89. The zero-order chi connectivity index (χ0) is 16.2. The van der Waals surface area contributed by atoms with E-state index in [4.69, 9.17) is 4.74 Å². The molecular weight excluding hydrogens is 286 g/mol. The van der Waals surface area contributed by atoms with Crippen LogP contribution < -0.4 is 4.74 Å². The number of pyridine rings is 2. The van der Waals surface area contributed by atoms with Crippen LogP contribution in [0.4, 0.5) is 0 Å². The standard InChI is InChI=1S/C19H21N3O/c1-14-4-7-18(21-19(14)23-3)13-22(2)12-15-5-6-17-11-20-9-8-16(17)10-15/h4-11H,12-13H2,1-3H3. The highest BCUT2D eigenvalue weighted by atomic mass is 16.5. The molecule has 0 N–H and O–H groups in total. The normalized spacial score (nSPS) is 11.1. The van der Waals surface area contributed by atoms with Gasteiger partial charge in [-0.2, -0.15) is 0 Å². The van der Waals surface area contributed by atoms with Crippen LogP contribution in [-0.2, 0) is 13.1 Å². The fourth-order valence-electron chi connectivity index (χ4n) is 2.72. The zero-order valence-electron chi connectivity index (χ0n) is 13.8. The van der Waals surface area contributed by atoms with Crippen molar-refractivity contribution in [2.24, 2.45) is 0 Å². The second-order valence-corrected chi connectivity index (χ2v) is 5.86. The average Bonchev–Trinajstić information content (AvgIpc) is 2.56. The van der Waals surface area contributed by atoms with E-state index in [0.29, 0.717) is 5.88 Å². The van der Waals surface area contributed by atoms with Gasteiger partial charge in [0.1, 0.15) is 0 Å². The first-order valence-electron chi connectivity index (χ1n) is 7.67. The van der Waals surface area contributed by atoms with E-state index < -0.39 is 0 Å². The van der Waals surface area contributed by atoms with Crippen molar-refractivity contribution in [3.05, 3.63) is 65.6 Å². The highest BCUT2D eigenvalue weighted by molar-refractivity contribution is 5.81. The lowest BCUT2D eigenvalue weighted by atomic mass is 10.1. The summed E-state index contributed by atoms with van der Waals surface area (Å²) in [6.07, 6.45) is 3.73. The first-order valence-corrected chi connectivity index (χ1v) is 7.67. The van der Waals surface area contributed by atoms with Gasteiger partial charge in [0.05, 0.1) is 12.8 Å². The Kier molecular flexibility index (Phi) is 4.53. The molecule has 0 aliphatic rings. The maximum atomic E-state index is 5.30. The number of aryl methyl sites for hydroxylation is 1. The molecule has 0 aliphatic carbocycles. The van der Waals surface area contributed by atoms with Gasteiger partial charge in [-0.3, -0.25) is 9.88 Å². The molecule has 0 unspecified atom stereocenters. The molecule has 1 aromatic carbocycles. The topological polar surface area (TPSA) is 38.2 Å². The molecule has 0 spiro atoms. The first kappa shape index (κ1) is 15.4. The van der Waals surface area contributed by atoms with E-state index in [1.165, 1.54) is 16.3 Å². The highest BCUT2D eigenvalue weighted by Crippen LogP contribution is 2.18. The van der Waals surface area contributed by atoms with Crippen molar-refractivity contribution in [1.29, 1.82) is 0 Å². The minimum atomic E-state index is 0.703. The van der Waals surface area contributed by atoms with E-state index in [9.17, 15) is 0 Å². The minimum absolute atomic E-state index is 0.703. The Morgan fingerprint density at radius 1 is 1.04 bits per heavy atom. The Morgan fingerprint density at radius 3 is 2.74 bits per heavy atom. The van der Waals surface area contributed by atoms with Gasteiger partial charge in [-0.15, -0.1) is 0 Å². The summed E-state index contributed by atoms with van der Waals surface area (Å²) in [6, 6.07) is 12.7. The Labute approximate surface area is 136 Å². The Hall–Kier alpha value is -2.46. The lowest BCUT2D eigenvalue weighted by molar-refractivity contribution is 0.312. The van der Waals surface area contributed by atoms with Crippen molar-refractivity contribution in [2.45, 2.75) is 20.0 Å². The van der Waals surface area contributed by atoms with Crippen molar-refractivity contribution in [1.82, 2.24) is 14.9 Å². The van der Waals surface area contributed by atoms with Gasteiger partial charge in [0, 0.05) is 36.4 Å². The maximum absolute atomic E-state index is 5.30. The summed E-state index contributed by atoms with van der Waals surface area (Å²) in [5, 5.41) is 2.39. The second kappa shape index (κ2) is 6.75. The summed E-state index contributed by atoms with van der Waals surface area (Å²) in [6.45, 7) is 3.66. The van der Waals surface area contributed by atoms with Crippen molar-refractivity contribution in [3.63, 3.8) is 0 Å². The van der Waals surface area contributed by atoms with Crippen LogP contribution in [0.1, 0.15) is 16.8 Å². The van der Waals surface area contributed by atoms with Gasteiger partial charge < -0.3 is 4.74 Å². The zero-order valence-corrected chi connectivity index (χ0v) is 13.8. The van der Waals surface area contributed by atoms with Crippen LogP contribution in [0.25, 0.3) is 10.8 Å². The quantitative estimate of drug-likeness (QED) is 0.722. The molecule has 0 saturated heterocycles. The van der Waals surface area contributed by atoms with Crippen molar-refractivity contribution in [3.8, 4) is 5.88 Å². The van der Waals surface area contributed by atoms with Gasteiger partial charge in [-0.05, 0) is 43.1 Å². The van der Waals surface area contributed by atoms with Crippen LogP contribution in [0.5, 0.6) is 5.88 Å². The molecule has 4 nitrogen and oxygen atoms in total. The Bertz CT molecular complexity index is 817. The largest absolute Gasteiger partial charge is 0.481 e. The van der Waals surface area contributed by atoms with E-state index in [1.807, 2.05) is 25.4 Å². The number of hydrogen-bond donors (Lipinski definition) is 0. The molecule has 4 heteroatoms. The monoisotopic (exact) mass is 307 g/mol. The molecule has 3 aromatic rings. The Balaban J connectivity index is 1.71. The highest BCUT2D eigenvalue weighted by Gasteiger charge is 2.07. The molecule has 0 bridgehead atoms. The van der Waals surface area contributed by atoms with Crippen LogP contribution in [-0.4, -0.2) is 29.0 Å². The molecule has 0 aliphatic heterocycles. The van der Waals surface area contributed by atoms with Gasteiger partial charge in [0.2, 0.25) is 5.88 Å². The van der Waals surface area contributed by atoms with Gasteiger partial charge in [-0.1, -0.05) is 18.2 Å². The molecule has 0 atom stereocenters. The van der Waals surface area contributed by atoms with Crippen molar-refractivity contribution in [2.75, 3.05) is 14.2 Å². The van der Waals surface area contributed by atoms with E-state index >= 15 is 0 Å². The number of methoxy groups -OCH3 is 1. The maximum Gasteiger partial charge on any atom is 0.216 e. The summed E-state index contributed by atoms with van der Waals surface area (Å²) in [5.41, 5.74) is 3.35. The second-order valence-electron chi connectivity index (χ2n) is 5.86. The predicted molar refractivity (Wildman–Crippen MR) is 92.4 cm³/mol. The van der Waals surface area contributed by atoms with Gasteiger partial charge in [-0.25, -0.2) is 4.98 Å². The van der Waals surface area contributed by atoms with E-state index in [2.05, 4.69) is 52.2 Å². The van der Waals surface area contributed by atoms with Crippen molar-refractivity contribution < 1.29 is 4.74 Å². The average molecular weight is 307 g/mol. The Morgan fingerprint density at radius 2 is 1.91 bits per heavy atom. The van der Waals surface area contributed by atoms with E-state index in [-0.39, 0.29) is 0 Å².